The van der Waals surface area contributed by atoms with E-state index in [0.29, 0.717) is 28.1 Å². The topological polar surface area (TPSA) is 86.5 Å². The van der Waals surface area contributed by atoms with Gasteiger partial charge in [-0.05, 0) is 36.8 Å². The minimum absolute atomic E-state index is 0.108. The number of rotatable bonds is 5. The number of aryl methyl sites for hydroxylation is 1. The Kier molecular flexibility index (Phi) is 5.40. The zero-order valence-corrected chi connectivity index (χ0v) is 16.4. The van der Waals surface area contributed by atoms with Crippen molar-refractivity contribution in [2.24, 2.45) is 0 Å². The summed E-state index contributed by atoms with van der Waals surface area (Å²) in [6.45, 7) is 2.20. The lowest BCUT2D eigenvalue weighted by Crippen LogP contribution is -2.21. The maximum Gasteiger partial charge on any atom is 0.277 e. The van der Waals surface area contributed by atoms with E-state index in [2.05, 4.69) is 15.5 Å². The first-order chi connectivity index (χ1) is 13.6. The summed E-state index contributed by atoms with van der Waals surface area (Å²) in [5.74, 6) is 1.50. The molecule has 0 fully saturated rings. The van der Waals surface area contributed by atoms with Crippen LogP contribution in [0.4, 0.5) is 5.69 Å². The molecule has 9 heteroatoms. The monoisotopic (exact) mass is 417 g/mol. The van der Waals surface area contributed by atoms with E-state index in [1.54, 1.807) is 12.1 Å². The highest BCUT2D eigenvalue weighted by molar-refractivity contribution is 7.99. The molecule has 1 aromatic heterocycles. The molecule has 1 aliphatic rings. The van der Waals surface area contributed by atoms with Crippen LogP contribution in [-0.2, 0) is 4.79 Å². The van der Waals surface area contributed by atoms with Crippen molar-refractivity contribution in [3.05, 3.63) is 58.9 Å². The van der Waals surface area contributed by atoms with Gasteiger partial charge in [0, 0.05) is 0 Å². The molecular weight excluding hydrogens is 402 g/mol. The van der Waals surface area contributed by atoms with E-state index < -0.39 is 6.10 Å². The van der Waals surface area contributed by atoms with Gasteiger partial charge in [0.15, 0.2) is 11.5 Å². The molecule has 0 saturated carbocycles. The summed E-state index contributed by atoms with van der Waals surface area (Å²) in [6.07, 6.45) is -0.489. The molecule has 144 valence electrons. The highest BCUT2D eigenvalue weighted by atomic mass is 35.5. The number of halogens is 1. The number of nitrogens with one attached hydrogen (secondary N) is 1. The molecule has 28 heavy (non-hydrogen) atoms. The van der Waals surface area contributed by atoms with Gasteiger partial charge in [-0.2, -0.15) is 0 Å². The Morgan fingerprint density at radius 1 is 1.25 bits per heavy atom. The highest BCUT2D eigenvalue weighted by Gasteiger charge is 2.27. The molecule has 2 aromatic carbocycles. The number of aromatic nitrogens is 2. The van der Waals surface area contributed by atoms with Gasteiger partial charge in [0.1, 0.15) is 6.61 Å². The number of hydrogen-bond donors (Lipinski definition) is 1. The van der Waals surface area contributed by atoms with E-state index in [1.165, 1.54) is 0 Å². The van der Waals surface area contributed by atoms with Crippen molar-refractivity contribution in [1.29, 1.82) is 0 Å². The average molecular weight is 418 g/mol. The number of thioether (sulfide) groups is 1. The zero-order chi connectivity index (χ0) is 19.5. The third kappa shape index (κ3) is 4.23. The molecule has 1 N–H and O–H groups in total. The number of carbonyl (C=O) groups excluding carboxylic acids is 1. The van der Waals surface area contributed by atoms with Gasteiger partial charge in [0.05, 0.1) is 16.5 Å². The number of fused-ring (bicyclic) bond motifs is 1. The normalized spacial score (nSPS) is 15.3. The summed E-state index contributed by atoms with van der Waals surface area (Å²) in [7, 11) is 0. The molecule has 0 bridgehead atoms. The third-order valence-corrected chi connectivity index (χ3v) is 5.06. The smallest absolute Gasteiger partial charge is 0.277 e. The minimum Gasteiger partial charge on any atom is -0.485 e. The van der Waals surface area contributed by atoms with Crippen LogP contribution in [0, 0.1) is 6.92 Å². The van der Waals surface area contributed by atoms with Crippen LogP contribution in [0.3, 0.4) is 0 Å². The quantitative estimate of drug-likeness (QED) is 0.620. The largest absolute Gasteiger partial charge is 0.485 e. The van der Waals surface area contributed by atoms with E-state index >= 15 is 0 Å². The Bertz CT molecular complexity index is 1010. The van der Waals surface area contributed by atoms with Crippen molar-refractivity contribution >= 4 is 35.0 Å². The molecule has 4 rings (SSSR count). The fourth-order valence-corrected chi connectivity index (χ4v) is 3.44. The van der Waals surface area contributed by atoms with Crippen molar-refractivity contribution in [2.45, 2.75) is 18.3 Å². The van der Waals surface area contributed by atoms with Crippen molar-refractivity contribution in [1.82, 2.24) is 10.2 Å². The van der Waals surface area contributed by atoms with Crippen LogP contribution in [-0.4, -0.2) is 28.5 Å². The van der Waals surface area contributed by atoms with Crippen LogP contribution in [0.25, 0.3) is 0 Å². The standard InChI is InChI=1S/C19H16ClN3O4S/c1-11-6-7-13(12(20)8-11)21-17(24)10-28-19-23-22-18(27-19)16-9-25-14-4-2-3-5-15(14)26-16/h2-8,16H,9-10H2,1H3,(H,21,24)/t16-/m0/s1. The van der Waals surface area contributed by atoms with Crippen molar-refractivity contribution < 1.29 is 18.7 Å². The Balaban J connectivity index is 1.33. The number of carbonyl (C=O) groups is 1. The van der Waals surface area contributed by atoms with Gasteiger partial charge in [-0.3, -0.25) is 4.79 Å². The van der Waals surface area contributed by atoms with E-state index in [4.69, 9.17) is 25.5 Å². The first kappa shape index (κ1) is 18.6. The molecule has 0 saturated heterocycles. The van der Waals surface area contributed by atoms with Gasteiger partial charge in [0.25, 0.3) is 11.1 Å². The summed E-state index contributed by atoms with van der Waals surface area (Å²) in [4.78, 5) is 12.1. The number of nitrogens with zero attached hydrogens (tertiary/aromatic N) is 2. The van der Waals surface area contributed by atoms with E-state index in [-0.39, 0.29) is 23.5 Å². The molecule has 1 atom stereocenters. The van der Waals surface area contributed by atoms with Gasteiger partial charge < -0.3 is 19.2 Å². The van der Waals surface area contributed by atoms with E-state index in [1.807, 2.05) is 37.3 Å². The molecule has 7 nitrogen and oxygen atoms in total. The van der Waals surface area contributed by atoms with Crippen LogP contribution < -0.4 is 14.8 Å². The number of hydrogen-bond acceptors (Lipinski definition) is 7. The molecular formula is C19H16ClN3O4S. The van der Waals surface area contributed by atoms with Crippen molar-refractivity contribution in [3.63, 3.8) is 0 Å². The molecule has 2 heterocycles. The van der Waals surface area contributed by atoms with Crippen LogP contribution in [0.1, 0.15) is 17.6 Å². The third-order valence-electron chi connectivity index (χ3n) is 3.93. The van der Waals surface area contributed by atoms with Gasteiger partial charge in [-0.1, -0.05) is 41.6 Å². The second-order valence-electron chi connectivity index (χ2n) is 6.09. The van der Waals surface area contributed by atoms with E-state index in [9.17, 15) is 4.79 Å². The maximum atomic E-state index is 12.1. The predicted octanol–water partition coefficient (Wildman–Crippen LogP) is 4.27. The number of ether oxygens (including phenoxy) is 2. The average Bonchev–Trinajstić information content (AvgIpc) is 3.17. The number of anilines is 1. The Labute approximate surface area is 170 Å². The van der Waals surface area contributed by atoms with Crippen molar-refractivity contribution in [2.75, 3.05) is 17.7 Å². The Morgan fingerprint density at radius 3 is 2.89 bits per heavy atom. The Morgan fingerprint density at radius 2 is 2.07 bits per heavy atom. The van der Waals surface area contributed by atoms with Gasteiger partial charge in [-0.15, -0.1) is 10.2 Å². The fraction of sp³-hybridized carbons (Fsp3) is 0.211. The minimum atomic E-state index is -0.489. The summed E-state index contributed by atoms with van der Waals surface area (Å²) in [6, 6.07) is 12.8. The van der Waals surface area contributed by atoms with Crippen LogP contribution in [0.15, 0.2) is 52.1 Å². The molecule has 1 amide bonds. The lowest BCUT2D eigenvalue weighted by atomic mass is 10.2. The fourth-order valence-electron chi connectivity index (χ4n) is 2.59. The second-order valence-corrected chi connectivity index (χ2v) is 7.42. The first-order valence-corrected chi connectivity index (χ1v) is 9.85. The molecule has 0 radical (unpaired) electrons. The van der Waals surface area contributed by atoms with Gasteiger partial charge >= 0.3 is 0 Å². The Hall–Kier alpha value is -2.71. The maximum absolute atomic E-state index is 12.1. The SMILES string of the molecule is Cc1ccc(NC(=O)CSc2nnc([C@@H]3COc4ccccc4O3)o2)c(Cl)c1. The van der Waals surface area contributed by atoms with Crippen LogP contribution >= 0.6 is 23.4 Å². The highest BCUT2D eigenvalue weighted by Crippen LogP contribution is 2.36. The summed E-state index contributed by atoms with van der Waals surface area (Å²) >= 11 is 7.26. The van der Waals surface area contributed by atoms with E-state index in [0.717, 1.165) is 17.3 Å². The molecule has 3 aromatic rings. The van der Waals surface area contributed by atoms with Crippen LogP contribution in [0.2, 0.25) is 5.02 Å². The zero-order valence-electron chi connectivity index (χ0n) is 14.8. The molecule has 1 aliphatic heterocycles. The number of para-hydroxylation sites is 2. The lowest BCUT2D eigenvalue weighted by molar-refractivity contribution is -0.113. The summed E-state index contributed by atoms with van der Waals surface area (Å²) < 4.78 is 17.1. The number of benzene rings is 2. The first-order valence-electron chi connectivity index (χ1n) is 8.49. The van der Waals surface area contributed by atoms with Gasteiger partial charge in [-0.25, -0.2) is 0 Å². The molecule has 0 spiro atoms. The number of amides is 1. The predicted molar refractivity (Wildman–Crippen MR) is 105 cm³/mol. The van der Waals surface area contributed by atoms with Crippen LogP contribution in [0.5, 0.6) is 11.5 Å². The van der Waals surface area contributed by atoms with Crippen molar-refractivity contribution in [3.8, 4) is 11.5 Å². The summed E-state index contributed by atoms with van der Waals surface area (Å²) in [5, 5.41) is 11.5. The molecule has 0 unspecified atom stereocenters. The lowest BCUT2D eigenvalue weighted by Gasteiger charge is -2.23. The molecule has 0 aliphatic carbocycles. The second kappa shape index (κ2) is 8.12. The van der Waals surface area contributed by atoms with Gasteiger partial charge in [0.2, 0.25) is 12.0 Å². The summed E-state index contributed by atoms with van der Waals surface area (Å²) in [5.41, 5.74) is 1.59.